The molecule has 0 aliphatic carbocycles. The maximum absolute atomic E-state index is 8.86. The number of hydrogen-bond acceptors (Lipinski definition) is 4. The molecule has 4 nitrogen and oxygen atoms in total. The van der Waals surface area contributed by atoms with Gasteiger partial charge in [0.05, 0.1) is 5.69 Å². The molecule has 68 valence electrons. The van der Waals surface area contributed by atoms with Gasteiger partial charge in [0.1, 0.15) is 22.4 Å². The molecule has 0 aliphatic heterocycles. The number of nitriles is 1. The van der Waals surface area contributed by atoms with E-state index in [1.165, 1.54) is 0 Å². The molecule has 14 heavy (non-hydrogen) atoms. The molecule has 0 saturated heterocycles. The number of nitrogens with zero attached hydrogens (tertiary/aromatic N) is 3. The molecule has 0 bridgehead atoms. The summed E-state index contributed by atoms with van der Waals surface area (Å²) in [4.78, 5) is 4.10. The van der Waals surface area contributed by atoms with E-state index in [2.05, 4.69) is 27.8 Å². The zero-order valence-corrected chi connectivity index (χ0v) is 7.99. The fourth-order valence-electron chi connectivity index (χ4n) is 1.13. The second-order valence-corrected chi connectivity index (χ2v) is 3.07. The van der Waals surface area contributed by atoms with E-state index in [9.17, 15) is 0 Å². The van der Waals surface area contributed by atoms with Crippen LogP contribution >= 0.6 is 12.6 Å². The molecule has 0 aliphatic rings. The highest BCUT2D eigenvalue weighted by molar-refractivity contribution is 7.80. The van der Waals surface area contributed by atoms with Gasteiger partial charge in [0.25, 0.3) is 0 Å². The van der Waals surface area contributed by atoms with Crippen molar-refractivity contribution in [1.82, 2.24) is 15.2 Å². The van der Waals surface area contributed by atoms with Gasteiger partial charge in [0.15, 0.2) is 0 Å². The zero-order chi connectivity index (χ0) is 9.97. The number of hydrogen-bond donors (Lipinski definition) is 2. The molecule has 0 aromatic carbocycles. The summed E-state index contributed by atoms with van der Waals surface area (Å²) < 4.78 is 0. The minimum Gasteiger partial charge on any atom is -0.270 e. The van der Waals surface area contributed by atoms with Crippen LogP contribution in [0.15, 0.2) is 29.4 Å². The van der Waals surface area contributed by atoms with Gasteiger partial charge in [0, 0.05) is 6.20 Å². The molecule has 0 amide bonds. The summed E-state index contributed by atoms with van der Waals surface area (Å²) in [7, 11) is 0. The van der Waals surface area contributed by atoms with Crippen LogP contribution < -0.4 is 0 Å². The summed E-state index contributed by atoms with van der Waals surface area (Å²) >= 11 is 4.08. The molecule has 0 atom stereocenters. The fraction of sp³-hybridized carbons (Fsp3) is 0. The third-order valence-corrected chi connectivity index (χ3v) is 2.09. The van der Waals surface area contributed by atoms with Crippen LogP contribution in [0.25, 0.3) is 11.4 Å². The van der Waals surface area contributed by atoms with Crippen molar-refractivity contribution >= 4 is 12.6 Å². The van der Waals surface area contributed by atoms with E-state index in [0.717, 1.165) is 0 Å². The minimum atomic E-state index is 0.423. The Morgan fingerprint density at radius 3 is 2.93 bits per heavy atom. The Morgan fingerprint density at radius 2 is 2.29 bits per heavy atom. The number of H-pyrrole nitrogens is 1. The van der Waals surface area contributed by atoms with Gasteiger partial charge >= 0.3 is 0 Å². The van der Waals surface area contributed by atoms with E-state index in [4.69, 9.17) is 5.26 Å². The summed E-state index contributed by atoms with van der Waals surface area (Å²) in [6.45, 7) is 0. The lowest BCUT2D eigenvalue weighted by Crippen LogP contribution is -1.84. The van der Waals surface area contributed by atoms with Crippen molar-refractivity contribution in [3.05, 3.63) is 30.0 Å². The van der Waals surface area contributed by atoms with E-state index in [0.29, 0.717) is 22.0 Å². The van der Waals surface area contributed by atoms with Crippen molar-refractivity contribution in [1.29, 1.82) is 5.26 Å². The molecule has 1 N–H and O–H groups in total. The first-order valence-corrected chi connectivity index (χ1v) is 4.36. The van der Waals surface area contributed by atoms with Crippen molar-refractivity contribution in [2.45, 2.75) is 5.03 Å². The van der Waals surface area contributed by atoms with E-state index >= 15 is 0 Å². The fourth-order valence-corrected chi connectivity index (χ4v) is 1.33. The van der Waals surface area contributed by atoms with Crippen LogP contribution in [0.5, 0.6) is 0 Å². The van der Waals surface area contributed by atoms with Crippen molar-refractivity contribution in [3.8, 4) is 17.5 Å². The van der Waals surface area contributed by atoms with Crippen LogP contribution in [0.3, 0.4) is 0 Å². The molecule has 0 spiro atoms. The maximum Gasteiger partial charge on any atom is 0.129 e. The molecule has 2 heterocycles. The van der Waals surface area contributed by atoms with E-state index in [-0.39, 0.29) is 0 Å². The number of aromatic nitrogens is 3. The maximum atomic E-state index is 8.86. The van der Waals surface area contributed by atoms with Gasteiger partial charge in [-0.25, -0.2) is 0 Å². The van der Waals surface area contributed by atoms with Gasteiger partial charge in [-0.1, -0.05) is 6.07 Å². The predicted molar refractivity (Wildman–Crippen MR) is 53.8 cm³/mol. The van der Waals surface area contributed by atoms with Crippen LogP contribution in [0.2, 0.25) is 0 Å². The van der Waals surface area contributed by atoms with Crippen LogP contribution in [0, 0.1) is 11.3 Å². The van der Waals surface area contributed by atoms with Gasteiger partial charge in [0.2, 0.25) is 0 Å². The highest BCUT2D eigenvalue weighted by atomic mass is 32.1. The van der Waals surface area contributed by atoms with Gasteiger partial charge in [-0.15, -0.1) is 12.6 Å². The zero-order valence-electron chi connectivity index (χ0n) is 7.10. The van der Waals surface area contributed by atoms with Crippen molar-refractivity contribution in [2.24, 2.45) is 0 Å². The molecule has 0 saturated carbocycles. The van der Waals surface area contributed by atoms with Gasteiger partial charge in [-0.3, -0.25) is 10.1 Å². The third kappa shape index (κ3) is 1.36. The number of pyridine rings is 1. The molecule has 2 rings (SSSR count). The molecular weight excluding hydrogens is 196 g/mol. The lowest BCUT2D eigenvalue weighted by atomic mass is 10.2. The van der Waals surface area contributed by atoms with Crippen LogP contribution in [-0.4, -0.2) is 15.2 Å². The second kappa shape index (κ2) is 3.52. The Labute approximate surface area is 86.0 Å². The first-order chi connectivity index (χ1) is 6.83. The Balaban J connectivity index is 2.59. The third-order valence-electron chi connectivity index (χ3n) is 1.77. The summed E-state index contributed by atoms with van der Waals surface area (Å²) in [6.07, 6.45) is 1.66. The smallest absolute Gasteiger partial charge is 0.129 e. The molecule has 2 aromatic rings. The van der Waals surface area contributed by atoms with Crippen LogP contribution in [0.4, 0.5) is 0 Å². The molecule has 5 heteroatoms. The summed E-state index contributed by atoms with van der Waals surface area (Å²) in [5.41, 5.74) is 1.63. The Morgan fingerprint density at radius 1 is 1.43 bits per heavy atom. The number of thiol groups is 1. The second-order valence-electron chi connectivity index (χ2n) is 2.62. The average molecular weight is 202 g/mol. The standard InChI is InChI=1S/C9H6N4S/c10-5-6-8(12-13-9(6)14)7-3-1-2-4-11-7/h1-4H,(H2,12,13,14). The molecule has 0 fully saturated rings. The molecule has 0 radical (unpaired) electrons. The minimum absolute atomic E-state index is 0.423. The quantitative estimate of drug-likeness (QED) is 0.691. The Hall–Kier alpha value is -1.80. The van der Waals surface area contributed by atoms with E-state index < -0.39 is 0 Å². The average Bonchev–Trinajstić information content (AvgIpc) is 2.61. The number of nitrogens with one attached hydrogen (secondary N) is 1. The summed E-state index contributed by atoms with van der Waals surface area (Å²) in [6, 6.07) is 7.48. The van der Waals surface area contributed by atoms with Gasteiger partial charge in [-0.2, -0.15) is 10.4 Å². The summed E-state index contributed by atoms with van der Waals surface area (Å²) in [5, 5.41) is 15.9. The Bertz CT molecular complexity index is 483. The lowest BCUT2D eigenvalue weighted by molar-refractivity contribution is 1.01. The largest absolute Gasteiger partial charge is 0.270 e. The molecular formula is C9H6N4S. The number of rotatable bonds is 1. The normalized spacial score (nSPS) is 9.71. The van der Waals surface area contributed by atoms with Crippen molar-refractivity contribution in [2.75, 3.05) is 0 Å². The summed E-state index contributed by atoms with van der Waals surface area (Å²) in [5.74, 6) is 0. The number of aromatic amines is 1. The molecule has 0 unspecified atom stereocenters. The highest BCUT2D eigenvalue weighted by Crippen LogP contribution is 2.22. The van der Waals surface area contributed by atoms with Crippen LogP contribution in [-0.2, 0) is 0 Å². The van der Waals surface area contributed by atoms with Gasteiger partial charge in [-0.05, 0) is 12.1 Å². The monoisotopic (exact) mass is 202 g/mol. The molecule has 2 aromatic heterocycles. The Kier molecular flexibility index (Phi) is 2.21. The van der Waals surface area contributed by atoms with Crippen molar-refractivity contribution < 1.29 is 0 Å². The van der Waals surface area contributed by atoms with Crippen molar-refractivity contribution in [3.63, 3.8) is 0 Å². The van der Waals surface area contributed by atoms with E-state index in [1.54, 1.807) is 12.3 Å². The van der Waals surface area contributed by atoms with Crippen LogP contribution in [0.1, 0.15) is 5.56 Å². The van der Waals surface area contributed by atoms with Gasteiger partial charge < -0.3 is 0 Å². The van der Waals surface area contributed by atoms with E-state index in [1.807, 2.05) is 18.2 Å². The first kappa shape index (κ1) is 8.78. The lowest BCUT2D eigenvalue weighted by Gasteiger charge is -1.93. The topological polar surface area (TPSA) is 65.4 Å². The first-order valence-electron chi connectivity index (χ1n) is 3.91. The SMILES string of the molecule is N#Cc1c(-c2ccccn2)n[nH]c1S. The highest BCUT2D eigenvalue weighted by Gasteiger charge is 2.12. The predicted octanol–water partition coefficient (Wildman–Crippen LogP) is 1.63.